The van der Waals surface area contributed by atoms with E-state index < -0.39 is 5.97 Å². The van der Waals surface area contributed by atoms with Crippen molar-refractivity contribution in [3.05, 3.63) is 77.6 Å². The van der Waals surface area contributed by atoms with E-state index in [0.717, 1.165) is 11.1 Å². The molecule has 25 heavy (non-hydrogen) atoms. The van der Waals surface area contributed by atoms with Gasteiger partial charge in [0, 0.05) is 17.7 Å². The second kappa shape index (κ2) is 7.57. The molecule has 0 aliphatic rings. The molecule has 0 aliphatic heterocycles. The number of aryl methyl sites for hydroxylation is 1. The maximum Gasteiger partial charge on any atom is 0.359 e. The van der Waals surface area contributed by atoms with Crippen molar-refractivity contribution in [3.8, 4) is 11.4 Å². The maximum atomic E-state index is 12.2. The number of Topliss-reactive ketones (excluding diaryl/α,β-unsaturated/α-hetero) is 1. The topological polar surface area (TPSA) is 72.1 Å². The number of hydrogen-bond acceptors (Lipinski definition) is 4. The van der Waals surface area contributed by atoms with Crippen LogP contribution in [0.3, 0.4) is 0 Å². The zero-order valence-corrected chi connectivity index (χ0v) is 13.9. The Labute approximate surface area is 145 Å². The minimum Gasteiger partial charge on any atom is -0.453 e. The number of hydrogen-bond donors (Lipinski definition) is 1. The van der Waals surface area contributed by atoms with Gasteiger partial charge in [0.2, 0.25) is 0 Å². The van der Waals surface area contributed by atoms with Gasteiger partial charge in [-0.15, -0.1) is 0 Å². The molecule has 0 unspecified atom stereocenters. The fraction of sp³-hybridized carbons (Fsp3) is 0.150. The van der Waals surface area contributed by atoms with E-state index >= 15 is 0 Å². The molecule has 0 saturated heterocycles. The highest BCUT2D eigenvalue weighted by molar-refractivity contribution is 5.92. The van der Waals surface area contributed by atoms with Crippen LogP contribution in [0.2, 0.25) is 0 Å². The lowest BCUT2D eigenvalue weighted by molar-refractivity contribution is -0.121. The van der Waals surface area contributed by atoms with Crippen molar-refractivity contribution < 1.29 is 14.3 Å². The molecular formula is C20H18N2O3. The van der Waals surface area contributed by atoms with Gasteiger partial charge in [0.1, 0.15) is 5.82 Å². The highest BCUT2D eigenvalue weighted by Crippen LogP contribution is 2.18. The fourth-order valence-corrected chi connectivity index (χ4v) is 2.48. The second-order valence-corrected chi connectivity index (χ2v) is 5.70. The number of rotatable bonds is 6. The molecule has 0 radical (unpaired) electrons. The van der Waals surface area contributed by atoms with Gasteiger partial charge >= 0.3 is 5.97 Å². The van der Waals surface area contributed by atoms with Crippen LogP contribution in [0, 0.1) is 6.92 Å². The number of aromatic nitrogens is 2. The predicted octanol–water partition coefficient (Wildman–Crippen LogP) is 3.35. The first-order valence-electron chi connectivity index (χ1n) is 7.98. The van der Waals surface area contributed by atoms with Crippen LogP contribution in [0.25, 0.3) is 11.4 Å². The Balaban J connectivity index is 1.62. The van der Waals surface area contributed by atoms with Crippen molar-refractivity contribution in [2.75, 3.05) is 6.61 Å². The molecule has 126 valence electrons. The third kappa shape index (κ3) is 4.20. The van der Waals surface area contributed by atoms with Gasteiger partial charge in [-0.1, -0.05) is 60.7 Å². The third-order valence-corrected chi connectivity index (χ3v) is 3.73. The fourth-order valence-electron chi connectivity index (χ4n) is 2.48. The summed E-state index contributed by atoms with van der Waals surface area (Å²) in [7, 11) is 0. The quantitative estimate of drug-likeness (QED) is 0.702. The SMILES string of the molecule is Cc1[nH]c(-c2ccccc2)nc1C(=O)OCC(=O)Cc1ccccc1. The van der Waals surface area contributed by atoms with Gasteiger partial charge in [-0.05, 0) is 12.5 Å². The number of benzene rings is 2. The minimum atomic E-state index is -0.600. The summed E-state index contributed by atoms with van der Waals surface area (Å²) in [6, 6.07) is 18.9. The normalized spacial score (nSPS) is 10.4. The van der Waals surface area contributed by atoms with Gasteiger partial charge in [-0.25, -0.2) is 9.78 Å². The number of carbonyl (C=O) groups excluding carboxylic acids is 2. The number of ether oxygens (including phenoxy) is 1. The van der Waals surface area contributed by atoms with Crippen molar-refractivity contribution in [1.82, 2.24) is 9.97 Å². The molecular weight excluding hydrogens is 316 g/mol. The average molecular weight is 334 g/mol. The van der Waals surface area contributed by atoms with Crippen LogP contribution in [0.15, 0.2) is 60.7 Å². The molecule has 1 heterocycles. The number of ketones is 1. The summed E-state index contributed by atoms with van der Waals surface area (Å²) < 4.78 is 5.12. The summed E-state index contributed by atoms with van der Waals surface area (Å²) >= 11 is 0. The van der Waals surface area contributed by atoms with Crippen LogP contribution >= 0.6 is 0 Å². The highest BCUT2D eigenvalue weighted by Gasteiger charge is 2.18. The molecule has 0 saturated carbocycles. The summed E-state index contributed by atoms with van der Waals surface area (Å²) in [4.78, 5) is 31.5. The number of aromatic amines is 1. The Kier molecular flexibility index (Phi) is 5.04. The molecule has 5 nitrogen and oxygen atoms in total. The molecule has 0 spiro atoms. The first kappa shape index (κ1) is 16.6. The van der Waals surface area contributed by atoms with E-state index in [0.29, 0.717) is 11.5 Å². The molecule has 1 aromatic heterocycles. The number of imidazole rings is 1. The summed E-state index contributed by atoms with van der Waals surface area (Å²) in [6.45, 7) is 1.49. The molecule has 3 rings (SSSR count). The van der Waals surface area contributed by atoms with Crippen molar-refractivity contribution in [1.29, 1.82) is 0 Å². The van der Waals surface area contributed by atoms with Crippen molar-refractivity contribution in [2.45, 2.75) is 13.3 Å². The van der Waals surface area contributed by atoms with Crippen LogP contribution in [0.5, 0.6) is 0 Å². The largest absolute Gasteiger partial charge is 0.453 e. The zero-order chi connectivity index (χ0) is 17.6. The lowest BCUT2D eigenvalue weighted by atomic mass is 10.1. The van der Waals surface area contributed by atoms with Gasteiger partial charge in [0.15, 0.2) is 18.1 Å². The first-order valence-corrected chi connectivity index (χ1v) is 7.98. The van der Waals surface area contributed by atoms with E-state index in [1.807, 2.05) is 60.7 Å². The van der Waals surface area contributed by atoms with Gasteiger partial charge in [-0.2, -0.15) is 0 Å². The molecule has 5 heteroatoms. The van der Waals surface area contributed by atoms with E-state index in [4.69, 9.17) is 4.74 Å². The van der Waals surface area contributed by atoms with E-state index in [-0.39, 0.29) is 24.5 Å². The zero-order valence-electron chi connectivity index (χ0n) is 13.9. The Morgan fingerprint density at radius 3 is 2.32 bits per heavy atom. The standard InChI is InChI=1S/C20H18N2O3/c1-14-18(22-19(21-14)16-10-6-3-7-11-16)20(24)25-13-17(23)12-15-8-4-2-5-9-15/h2-11H,12-13H2,1H3,(H,21,22). The van der Waals surface area contributed by atoms with E-state index in [2.05, 4.69) is 9.97 Å². The molecule has 2 aromatic carbocycles. The van der Waals surface area contributed by atoms with Crippen molar-refractivity contribution in [2.24, 2.45) is 0 Å². The Hall–Kier alpha value is -3.21. The monoisotopic (exact) mass is 334 g/mol. The minimum absolute atomic E-state index is 0.156. The van der Waals surface area contributed by atoms with E-state index in [1.54, 1.807) is 6.92 Å². The molecule has 3 aromatic rings. The second-order valence-electron chi connectivity index (χ2n) is 5.70. The molecule has 0 atom stereocenters. The van der Waals surface area contributed by atoms with Gasteiger partial charge < -0.3 is 9.72 Å². The lowest BCUT2D eigenvalue weighted by Crippen LogP contribution is -2.16. The molecule has 0 fully saturated rings. The Morgan fingerprint density at radius 2 is 1.64 bits per heavy atom. The van der Waals surface area contributed by atoms with Crippen LogP contribution in [0.1, 0.15) is 21.7 Å². The number of esters is 1. The molecule has 0 bridgehead atoms. The van der Waals surface area contributed by atoms with Gasteiger partial charge in [0.25, 0.3) is 0 Å². The predicted molar refractivity (Wildman–Crippen MR) is 94.2 cm³/mol. The van der Waals surface area contributed by atoms with Crippen LogP contribution in [-0.2, 0) is 16.0 Å². The molecule has 0 aliphatic carbocycles. The van der Waals surface area contributed by atoms with Gasteiger partial charge in [-0.3, -0.25) is 4.79 Å². The van der Waals surface area contributed by atoms with Crippen LogP contribution in [0.4, 0.5) is 0 Å². The van der Waals surface area contributed by atoms with Crippen LogP contribution < -0.4 is 0 Å². The Bertz CT molecular complexity index is 870. The lowest BCUT2D eigenvalue weighted by Gasteiger charge is -2.03. The highest BCUT2D eigenvalue weighted by atomic mass is 16.5. The Morgan fingerprint density at radius 1 is 1.00 bits per heavy atom. The van der Waals surface area contributed by atoms with Crippen molar-refractivity contribution in [3.63, 3.8) is 0 Å². The number of carbonyl (C=O) groups is 2. The first-order chi connectivity index (χ1) is 12.1. The molecule has 0 amide bonds. The van der Waals surface area contributed by atoms with Crippen molar-refractivity contribution >= 4 is 11.8 Å². The third-order valence-electron chi connectivity index (χ3n) is 3.73. The van der Waals surface area contributed by atoms with E-state index in [1.165, 1.54) is 0 Å². The summed E-state index contributed by atoms with van der Waals surface area (Å²) in [5.74, 6) is -0.158. The average Bonchev–Trinajstić information content (AvgIpc) is 3.03. The maximum absolute atomic E-state index is 12.2. The number of nitrogens with one attached hydrogen (secondary N) is 1. The summed E-state index contributed by atoms with van der Waals surface area (Å²) in [5, 5.41) is 0. The summed E-state index contributed by atoms with van der Waals surface area (Å²) in [6.07, 6.45) is 0.239. The smallest absolute Gasteiger partial charge is 0.359 e. The number of nitrogens with zero attached hydrogens (tertiary/aromatic N) is 1. The molecule has 1 N–H and O–H groups in total. The number of H-pyrrole nitrogens is 1. The van der Waals surface area contributed by atoms with Crippen LogP contribution in [-0.4, -0.2) is 28.3 Å². The van der Waals surface area contributed by atoms with Gasteiger partial charge in [0.05, 0.1) is 0 Å². The van der Waals surface area contributed by atoms with E-state index in [9.17, 15) is 9.59 Å². The summed E-state index contributed by atoms with van der Waals surface area (Å²) in [5.41, 5.74) is 2.58.